The minimum Gasteiger partial charge on any atom is -0.384 e. The zero-order chi connectivity index (χ0) is 14.6. The molecule has 0 aliphatic carbocycles. The first kappa shape index (κ1) is 14.8. The van der Waals surface area contributed by atoms with E-state index < -0.39 is 11.7 Å². The van der Waals surface area contributed by atoms with E-state index in [1.807, 2.05) is 6.07 Å². The summed E-state index contributed by atoms with van der Waals surface area (Å²) in [6, 6.07) is 7.58. The molecule has 6 heteroatoms. The summed E-state index contributed by atoms with van der Waals surface area (Å²) in [6.07, 6.45) is -0.394. The molecule has 1 heterocycles. The number of benzene rings is 1. The second-order valence-electron chi connectivity index (χ2n) is 4.23. The van der Waals surface area contributed by atoms with Crippen LogP contribution in [0.1, 0.15) is 11.1 Å². The highest BCUT2D eigenvalue weighted by Crippen LogP contribution is 2.36. The maximum atomic E-state index is 12.9. The van der Waals surface area contributed by atoms with Crippen LogP contribution in [0.15, 0.2) is 47.2 Å². The number of nitrogens with zero attached hydrogens (tertiary/aromatic N) is 1. The van der Waals surface area contributed by atoms with E-state index in [1.165, 1.54) is 12.1 Å². The highest BCUT2D eigenvalue weighted by Gasteiger charge is 2.33. The third-order valence-corrected chi connectivity index (χ3v) is 3.23. The number of nitrogens with one attached hydrogen (secondary N) is 1. The van der Waals surface area contributed by atoms with Crippen LogP contribution in [-0.2, 0) is 12.6 Å². The number of aromatic nitrogens is 1. The Kier molecular flexibility index (Phi) is 4.65. The lowest BCUT2D eigenvalue weighted by Gasteiger charge is -2.15. The van der Waals surface area contributed by atoms with Crippen LogP contribution < -0.4 is 5.32 Å². The van der Waals surface area contributed by atoms with Crippen molar-refractivity contribution in [3.63, 3.8) is 0 Å². The highest BCUT2D eigenvalue weighted by atomic mass is 79.9. The summed E-state index contributed by atoms with van der Waals surface area (Å²) in [6.45, 7) is 0.408. The van der Waals surface area contributed by atoms with E-state index in [0.29, 0.717) is 17.4 Å². The molecule has 0 aliphatic heterocycles. The Labute approximate surface area is 123 Å². The molecule has 0 fully saturated rings. The van der Waals surface area contributed by atoms with Crippen LogP contribution in [0.4, 0.5) is 18.9 Å². The Morgan fingerprint density at radius 2 is 2.00 bits per heavy atom. The summed E-state index contributed by atoms with van der Waals surface area (Å²) in [5, 5.41) is 2.83. The number of hydrogen-bond donors (Lipinski definition) is 1. The van der Waals surface area contributed by atoms with Crippen LogP contribution >= 0.6 is 15.9 Å². The number of pyridine rings is 1. The molecule has 0 atom stereocenters. The van der Waals surface area contributed by atoms with Gasteiger partial charge in [0.15, 0.2) is 0 Å². The first-order valence-corrected chi connectivity index (χ1v) is 6.75. The minimum absolute atomic E-state index is 0.0794. The Bertz CT molecular complexity index is 570. The molecule has 2 rings (SSSR count). The lowest BCUT2D eigenvalue weighted by molar-refractivity contribution is -0.136. The van der Waals surface area contributed by atoms with Gasteiger partial charge >= 0.3 is 6.18 Å². The molecule has 2 aromatic rings. The SMILES string of the molecule is FC(F)(F)c1ccc(Br)cc1NCCc1cccnc1. The molecule has 0 radical (unpaired) electrons. The Balaban J connectivity index is 2.07. The van der Waals surface area contributed by atoms with Crippen molar-refractivity contribution in [3.05, 3.63) is 58.3 Å². The standard InChI is InChI=1S/C14H12BrF3N2/c15-11-3-4-12(14(16,17)18)13(8-11)20-7-5-10-2-1-6-19-9-10/h1-4,6,8-9,20H,5,7H2. The topological polar surface area (TPSA) is 24.9 Å². The Hall–Kier alpha value is -1.56. The van der Waals surface area contributed by atoms with E-state index in [-0.39, 0.29) is 5.69 Å². The molecule has 0 bridgehead atoms. The van der Waals surface area contributed by atoms with E-state index in [4.69, 9.17) is 0 Å². The normalized spacial score (nSPS) is 11.4. The molecule has 0 saturated carbocycles. The van der Waals surface area contributed by atoms with Gasteiger partial charge in [-0.3, -0.25) is 4.98 Å². The van der Waals surface area contributed by atoms with Crippen LogP contribution in [0, 0.1) is 0 Å². The van der Waals surface area contributed by atoms with Crippen molar-refractivity contribution < 1.29 is 13.2 Å². The van der Waals surface area contributed by atoms with Crippen LogP contribution in [0.3, 0.4) is 0 Å². The van der Waals surface area contributed by atoms with Crippen molar-refractivity contribution >= 4 is 21.6 Å². The molecule has 0 saturated heterocycles. The van der Waals surface area contributed by atoms with E-state index >= 15 is 0 Å². The fourth-order valence-electron chi connectivity index (χ4n) is 1.80. The van der Waals surface area contributed by atoms with Gasteiger partial charge < -0.3 is 5.32 Å². The maximum Gasteiger partial charge on any atom is 0.418 e. The molecule has 1 aromatic heterocycles. The van der Waals surface area contributed by atoms with Gasteiger partial charge in [0.25, 0.3) is 0 Å². The fourth-order valence-corrected chi connectivity index (χ4v) is 2.16. The molecular formula is C14H12BrF3N2. The molecule has 106 valence electrons. The summed E-state index contributed by atoms with van der Waals surface area (Å²) in [5.41, 5.74) is 0.395. The number of anilines is 1. The molecule has 0 aliphatic rings. The van der Waals surface area contributed by atoms with Gasteiger partial charge in [-0.15, -0.1) is 0 Å². The summed E-state index contributed by atoms with van der Waals surface area (Å²) < 4.78 is 39.2. The van der Waals surface area contributed by atoms with Crippen molar-refractivity contribution in [3.8, 4) is 0 Å². The number of alkyl halides is 3. The van der Waals surface area contributed by atoms with Crippen molar-refractivity contribution in [1.82, 2.24) is 4.98 Å². The molecule has 20 heavy (non-hydrogen) atoms. The monoisotopic (exact) mass is 344 g/mol. The number of hydrogen-bond acceptors (Lipinski definition) is 2. The van der Waals surface area contributed by atoms with E-state index in [1.54, 1.807) is 18.5 Å². The van der Waals surface area contributed by atoms with Crippen LogP contribution in [-0.4, -0.2) is 11.5 Å². The Morgan fingerprint density at radius 1 is 1.20 bits per heavy atom. The highest BCUT2D eigenvalue weighted by molar-refractivity contribution is 9.10. The molecule has 0 amide bonds. The largest absolute Gasteiger partial charge is 0.418 e. The summed E-state index contributed by atoms with van der Waals surface area (Å²) in [7, 11) is 0. The lowest BCUT2D eigenvalue weighted by Crippen LogP contribution is -2.12. The van der Waals surface area contributed by atoms with Gasteiger partial charge in [-0.1, -0.05) is 22.0 Å². The molecule has 1 aromatic carbocycles. The predicted molar refractivity (Wildman–Crippen MR) is 75.6 cm³/mol. The van der Waals surface area contributed by atoms with Gasteiger partial charge in [0.2, 0.25) is 0 Å². The Morgan fingerprint density at radius 3 is 2.65 bits per heavy atom. The van der Waals surface area contributed by atoms with Crippen molar-refractivity contribution in [2.24, 2.45) is 0 Å². The van der Waals surface area contributed by atoms with Gasteiger partial charge in [-0.25, -0.2) is 0 Å². The molecular weight excluding hydrogens is 333 g/mol. The van der Waals surface area contributed by atoms with Gasteiger partial charge in [-0.2, -0.15) is 13.2 Å². The predicted octanol–water partition coefficient (Wildman–Crippen LogP) is 4.52. The first-order chi connectivity index (χ1) is 9.47. The van der Waals surface area contributed by atoms with Gasteiger partial charge in [0, 0.05) is 29.1 Å². The van der Waals surface area contributed by atoms with Gasteiger partial charge in [0.05, 0.1) is 5.56 Å². The zero-order valence-electron chi connectivity index (χ0n) is 10.4. The second-order valence-corrected chi connectivity index (χ2v) is 5.14. The summed E-state index contributed by atoms with van der Waals surface area (Å²) in [5.74, 6) is 0. The second kappa shape index (κ2) is 6.26. The molecule has 0 unspecified atom stereocenters. The van der Waals surface area contributed by atoms with Crippen LogP contribution in [0.2, 0.25) is 0 Å². The minimum atomic E-state index is -4.36. The van der Waals surface area contributed by atoms with E-state index in [2.05, 4.69) is 26.2 Å². The molecule has 1 N–H and O–H groups in total. The smallest absolute Gasteiger partial charge is 0.384 e. The van der Waals surface area contributed by atoms with Crippen LogP contribution in [0.5, 0.6) is 0 Å². The average Bonchev–Trinajstić information content (AvgIpc) is 2.38. The van der Waals surface area contributed by atoms with Crippen molar-refractivity contribution in [2.45, 2.75) is 12.6 Å². The van der Waals surface area contributed by atoms with Crippen LogP contribution in [0.25, 0.3) is 0 Å². The third kappa shape index (κ3) is 3.96. The fraction of sp³-hybridized carbons (Fsp3) is 0.214. The lowest BCUT2D eigenvalue weighted by atomic mass is 10.1. The summed E-state index contributed by atoms with van der Waals surface area (Å²) >= 11 is 3.18. The number of rotatable bonds is 4. The van der Waals surface area contributed by atoms with E-state index in [9.17, 15) is 13.2 Å². The quantitative estimate of drug-likeness (QED) is 0.882. The zero-order valence-corrected chi connectivity index (χ0v) is 12.0. The van der Waals surface area contributed by atoms with E-state index in [0.717, 1.165) is 11.6 Å². The average molecular weight is 345 g/mol. The van der Waals surface area contributed by atoms with Crippen molar-refractivity contribution in [1.29, 1.82) is 0 Å². The van der Waals surface area contributed by atoms with Crippen molar-refractivity contribution in [2.75, 3.05) is 11.9 Å². The first-order valence-electron chi connectivity index (χ1n) is 5.96. The van der Waals surface area contributed by atoms with Gasteiger partial charge in [-0.05, 0) is 36.2 Å². The van der Waals surface area contributed by atoms with Gasteiger partial charge in [0.1, 0.15) is 0 Å². The summed E-state index contributed by atoms with van der Waals surface area (Å²) in [4.78, 5) is 3.97. The molecule has 2 nitrogen and oxygen atoms in total. The number of halogens is 4. The third-order valence-electron chi connectivity index (χ3n) is 2.74. The molecule has 0 spiro atoms. The maximum absolute atomic E-state index is 12.9.